The summed E-state index contributed by atoms with van der Waals surface area (Å²) in [5, 5.41) is 2.52. The van der Waals surface area contributed by atoms with Crippen molar-refractivity contribution in [1.82, 2.24) is 4.72 Å². The number of ether oxygens (including phenoxy) is 1. The highest BCUT2D eigenvalue weighted by atomic mass is 32.2. The van der Waals surface area contributed by atoms with Crippen molar-refractivity contribution >= 4 is 33.5 Å². The summed E-state index contributed by atoms with van der Waals surface area (Å²) in [6.45, 7) is 2.67. The SMILES string of the molecule is CC(NS(=O)(=O)c1ccccc1)C(=O)OC(C)C(=O)Nc1ccc(C(N)=O)cc1. The van der Waals surface area contributed by atoms with Crippen molar-refractivity contribution in [2.45, 2.75) is 30.9 Å². The normalized spacial score (nSPS) is 13.2. The number of hydrogen-bond acceptors (Lipinski definition) is 6. The minimum Gasteiger partial charge on any atom is -0.451 e. The zero-order chi connectivity index (χ0) is 21.6. The Hall–Kier alpha value is -3.24. The van der Waals surface area contributed by atoms with Gasteiger partial charge in [-0.3, -0.25) is 14.4 Å². The third-order valence-electron chi connectivity index (χ3n) is 3.84. The molecule has 0 saturated carbocycles. The average Bonchev–Trinajstić information content (AvgIpc) is 2.68. The zero-order valence-electron chi connectivity index (χ0n) is 15.8. The molecule has 2 amide bonds. The van der Waals surface area contributed by atoms with E-state index in [0.717, 1.165) is 0 Å². The maximum absolute atomic E-state index is 12.3. The van der Waals surface area contributed by atoms with Gasteiger partial charge in [0, 0.05) is 11.3 Å². The van der Waals surface area contributed by atoms with Gasteiger partial charge in [-0.1, -0.05) is 18.2 Å². The lowest BCUT2D eigenvalue weighted by Crippen LogP contribution is -2.42. The summed E-state index contributed by atoms with van der Waals surface area (Å²) in [7, 11) is -3.91. The number of anilines is 1. The molecule has 0 aliphatic heterocycles. The van der Waals surface area contributed by atoms with Gasteiger partial charge < -0.3 is 15.8 Å². The standard InChI is InChI=1S/C19H21N3O6S/c1-12(22-29(26,27)16-6-4-3-5-7-16)19(25)28-13(2)18(24)21-15-10-8-14(9-11-15)17(20)23/h3-13,22H,1-2H3,(H2,20,23)(H,21,24). The van der Waals surface area contributed by atoms with Gasteiger partial charge in [0.2, 0.25) is 15.9 Å². The number of amides is 2. The van der Waals surface area contributed by atoms with E-state index >= 15 is 0 Å². The van der Waals surface area contributed by atoms with E-state index in [4.69, 9.17) is 10.5 Å². The van der Waals surface area contributed by atoms with Crippen LogP contribution in [0, 0.1) is 0 Å². The Bertz CT molecular complexity index is 990. The number of nitrogens with two attached hydrogens (primary N) is 1. The van der Waals surface area contributed by atoms with Gasteiger partial charge in [0.25, 0.3) is 5.91 Å². The van der Waals surface area contributed by atoms with Crippen molar-refractivity contribution in [2.75, 3.05) is 5.32 Å². The summed E-state index contributed by atoms with van der Waals surface area (Å²) in [6, 6.07) is 12.2. The van der Waals surface area contributed by atoms with Gasteiger partial charge in [-0.2, -0.15) is 4.72 Å². The number of sulfonamides is 1. The van der Waals surface area contributed by atoms with Gasteiger partial charge >= 0.3 is 5.97 Å². The smallest absolute Gasteiger partial charge is 0.324 e. The lowest BCUT2D eigenvalue weighted by molar-refractivity contribution is -0.154. The fourth-order valence-corrected chi connectivity index (χ4v) is 3.45. The van der Waals surface area contributed by atoms with Crippen LogP contribution in [0.25, 0.3) is 0 Å². The Balaban J connectivity index is 1.93. The summed E-state index contributed by atoms with van der Waals surface area (Å²) >= 11 is 0. The summed E-state index contributed by atoms with van der Waals surface area (Å²) in [5.74, 6) is -2.13. The van der Waals surface area contributed by atoms with Crippen molar-refractivity contribution in [2.24, 2.45) is 5.73 Å². The van der Waals surface area contributed by atoms with Crippen molar-refractivity contribution in [3.63, 3.8) is 0 Å². The van der Waals surface area contributed by atoms with Crippen LogP contribution in [0.3, 0.4) is 0 Å². The van der Waals surface area contributed by atoms with E-state index in [0.29, 0.717) is 5.69 Å². The number of nitrogens with one attached hydrogen (secondary N) is 2. The van der Waals surface area contributed by atoms with Crippen LogP contribution in [-0.4, -0.2) is 38.3 Å². The molecule has 154 valence electrons. The first-order valence-electron chi connectivity index (χ1n) is 8.59. The molecule has 2 aromatic carbocycles. The van der Waals surface area contributed by atoms with Gasteiger partial charge in [0.05, 0.1) is 4.90 Å². The molecule has 0 spiro atoms. The number of carbonyl (C=O) groups is 3. The molecule has 0 aliphatic rings. The van der Waals surface area contributed by atoms with E-state index in [1.165, 1.54) is 50.2 Å². The predicted octanol–water partition coefficient (Wildman–Crippen LogP) is 1.02. The third kappa shape index (κ3) is 6.13. The second-order valence-corrected chi connectivity index (χ2v) is 7.88. The Morgan fingerprint density at radius 3 is 2.10 bits per heavy atom. The van der Waals surface area contributed by atoms with Gasteiger partial charge in [0.1, 0.15) is 6.04 Å². The van der Waals surface area contributed by atoms with E-state index in [1.807, 2.05) is 0 Å². The Morgan fingerprint density at radius 1 is 0.966 bits per heavy atom. The maximum atomic E-state index is 12.3. The summed E-state index contributed by atoms with van der Waals surface area (Å²) < 4.78 is 31.7. The van der Waals surface area contributed by atoms with E-state index < -0.39 is 40.0 Å². The van der Waals surface area contributed by atoms with E-state index in [9.17, 15) is 22.8 Å². The molecule has 0 aliphatic carbocycles. The molecular formula is C19H21N3O6S. The Morgan fingerprint density at radius 2 is 1.55 bits per heavy atom. The number of esters is 1. The van der Waals surface area contributed by atoms with E-state index in [-0.39, 0.29) is 10.5 Å². The fraction of sp³-hybridized carbons (Fsp3) is 0.211. The van der Waals surface area contributed by atoms with Crippen LogP contribution in [0.15, 0.2) is 59.5 Å². The molecule has 4 N–H and O–H groups in total. The van der Waals surface area contributed by atoms with Crippen LogP contribution in [0.1, 0.15) is 24.2 Å². The molecule has 0 saturated heterocycles. The van der Waals surface area contributed by atoms with Gasteiger partial charge in [0.15, 0.2) is 6.10 Å². The van der Waals surface area contributed by atoms with Crippen LogP contribution >= 0.6 is 0 Å². The third-order valence-corrected chi connectivity index (χ3v) is 5.39. The van der Waals surface area contributed by atoms with Gasteiger partial charge in [-0.25, -0.2) is 8.42 Å². The molecule has 2 aromatic rings. The van der Waals surface area contributed by atoms with Crippen LogP contribution in [0.2, 0.25) is 0 Å². The van der Waals surface area contributed by atoms with E-state index in [1.54, 1.807) is 18.2 Å². The summed E-state index contributed by atoms with van der Waals surface area (Å²) in [4.78, 5) is 35.4. The fourth-order valence-electron chi connectivity index (χ4n) is 2.24. The van der Waals surface area contributed by atoms with Gasteiger partial charge in [-0.05, 0) is 50.2 Å². The molecule has 0 radical (unpaired) electrons. The predicted molar refractivity (Wildman–Crippen MR) is 105 cm³/mol. The highest BCUT2D eigenvalue weighted by molar-refractivity contribution is 7.89. The minimum absolute atomic E-state index is 0.00449. The first kappa shape index (κ1) is 22.1. The molecule has 9 nitrogen and oxygen atoms in total. The second-order valence-electron chi connectivity index (χ2n) is 6.17. The van der Waals surface area contributed by atoms with Crippen LogP contribution in [-0.2, 0) is 24.3 Å². The number of rotatable bonds is 8. The molecule has 0 heterocycles. The van der Waals surface area contributed by atoms with E-state index in [2.05, 4.69) is 10.0 Å². The maximum Gasteiger partial charge on any atom is 0.324 e. The molecule has 0 aromatic heterocycles. The topological polar surface area (TPSA) is 145 Å². The number of carbonyl (C=O) groups excluding carboxylic acids is 3. The quantitative estimate of drug-likeness (QED) is 0.545. The minimum atomic E-state index is -3.91. The lowest BCUT2D eigenvalue weighted by atomic mass is 10.2. The highest BCUT2D eigenvalue weighted by Gasteiger charge is 2.26. The summed E-state index contributed by atoms with van der Waals surface area (Å²) in [5.41, 5.74) is 5.80. The molecule has 2 unspecified atom stereocenters. The molecule has 10 heteroatoms. The molecule has 0 bridgehead atoms. The molecular weight excluding hydrogens is 398 g/mol. The van der Waals surface area contributed by atoms with Crippen LogP contribution in [0.4, 0.5) is 5.69 Å². The first-order valence-corrected chi connectivity index (χ1v) is 10.1. The van der Waals surface area contributed by atoms with Crippen molar-refractivity contribution in [3.05, 3.63) is 60.2 Å². The average molecular weight is 419 g/mol. The van der Waals surface area contributed by atoms with Crippen molar-refractivity contribution in [1.29, 1.82) is 0 Å². The zero-order valence-corrected chi connectivity index (χ0v) is 16.6. The number of primary amides is 1. The Kier molecular flexibility index (Phi) is 7.08. The number of benzene rings is 2. The van der Waals surface area contributed by atoms with Crippen LogP contribution < -0.4 is 15.8 Å². The number of hydrogen-bond donors (Lipinski definition) is 3. The first-order chi connectivity index (χ1) is 13.6. The van der Waals surface area contributed by atoms with Crippen LogP contribution in [0.5, 0.6) is 0 Å². The lowest BCUT2D eigenvalue weighted by Gasteiger charge is -2.17. The summed E-state index contributed by atoms with van der Waals surface area (Å²) in [6.07, 6.45) is -1.18. The second kappa shape index (κ2) is 9.30. The van der Waals surface area contributed by atoms with Crippen molar-refractivity contribution in [3.8, 4) is 0 Å². The molecule has 2 rings (SSSR count). The molecule has 2 atom stereocenters. The van der Waals surface area contributed by atoms with Gasteiger partial charge in [-0.15, -0.1) is 0 Å². The highest BCUT2D eigenvalue weighted by Crippen LogP contribution is 2.11. The van der Waals surface area contributed by atoms with Crippen molar-refractivity contribution < 1.29 is 27.5 Å². The molecule has 0 fully saturated rings. The monoisotopic (exact) mass is 419 g/mol. The largest absolute Gasteiger partial charge is 0.451 e. The molecule has 29 heavy (non-hydrogen) atoms. The Labute approximate surface area is 168 Å².